The third-order valence-electron chi connectivity index (χ3n) is 5.01. The van der Waals surface area contributed by atoms with Gasteiger partial charge < -0.3 is 10.3 Å². The van der Waals surface area contributed by atoms with Crippen LogP contribution in [0.1, 0.15) is 37.8 Å². The summed E-state index contributed by atoms with van der Waals surface area (Å²) >= 11 is 0. The summed E-state index contributed by atoms with van der Waals surface area (Å²) in [7, 11) is -0.978. The van der Waals surface area contributed by atoms with E-state index in [9.17, 15) is 4.21 Å². The number of nitrogens with zero attached hydrogens (tertiary/aromatic N) is 3. The third kappa shape index (κ3) is 3.77. The van der Waals surface area contributed by atoms with Gasteiger partial charge in [0.25, 0.3) is 0 Å². The minimum atomic E-state index is -0.978. The molecule has 0 amide bonds. The zero-order valence-corrected chi connectivity index (χ0v) is 15.7. The minimum absolute atomic E-state index is 0.556. The number of rotatable bonds is 5. The highest BCUT2D eigenvalue weighted by Gasteiger charge is 2.18. The SMILES string of the molecule is CS(=O)c1ccc(Nc2nc(CC3CCCCC3)c3[nH]cnc3n2)cc1. The van der Waals surface area contributed by atoms with E-state index in [1.54, 1.807) is 12.6 Å². The molecule has 1 atom stereocenters. The monoisotopic (exact) mass is 369 g/mol. The molecule has 136 valence electrons. The first kappa shape index (κ1) is 17.1. The van der Waals surface area contributed by atoms with Gasteiger partial charge in [-0.1, -0.05) is 32.1 Å². The van der Waals surface area contributed by atoms with Crippen molar-refractivity contribution in [1.29, 1.82) is 0 Å². The van der Waals surface area contributed by atoms with Crippen LogP contribution < -0.4 is 5.32 Å². The third-order valence-corrected chi connectivity index (χ3v) is 5.95. The molecule has 1 unspecified atom stereocenters. The predicted octanol–water partition coefficient (Wildman–Crippen LogP) is 3.96. The van der Waals surface area contributed by atoms with E-state index in [-0.39, 0.29) is 0 Å². The van der Waals surface area contributed by atoms with Gasteiger partial charge in [-0.2, -0.15) is 4.98 Å². The molecule has 3 aromatic rings. The maximum Gasteiger partial charge on any atom is 0.229 e. The molecule has 1 aliphatic rings. The molecule has 0 saturated heterocycles. The summed E-state index contributed by atoms with van der Waals surface area (Å²) in [5.74, 6) is 1.25. The Labute approximate surface area is 155 Å². The van der Waals surface area contributed by atoms with Crippen LogP contribution in [0.25, 0.3) is 11.2 Å². The minimum Gasteiger partial charge on any atom is -0.342 e. The van der Waals surface area contributed by atoms with E-state index in [1.165, 1.54) is 32.1 Å². The van der Waals surface area contributed by atoms with Gasteiger partial charge in [0, 0.05) is 27.6 Å². The number of benzene rings is 1. The Bertz CT molecular complexity index is 915. The van der Waals surface area contributed by atoms with Crippen molar-refractivity contribution < 1.29 is 4.21 Å². The molecule has 2 aromatic heterocycles. The first-order valence-electron chi connectivity index (χ1n) is 9.09. The molecule has 2 heterocycles. The second-order valence-electron chi connectivity index (χ2n) is 6.91. The highest BCUT2D eigenvalue weighted by Crippen LogP contribution is 2.28. The lowest BCUT2D eigenvalue weighted by Gasteiger charge is -2.21. The van der Waals surface area contributed by atoms with Crippen LogP contribution in [-0.4, -0.2) is 30.4 Å². The molecule has 0 bridgehead atoms. The smallest absolute Gasteiger partial charge is 0.229 e. The number of hydrogen-bond donors (Lipinski definition) is 2. The number of fused-ring (bicyclic) bond motifs is 1. The molecule has 1 saturated carbocycles. The van der Waals surface area contributed by atoms with Gasteiger partial charge >= 0.3 is 0 Å². The largest absolute Gasteiger partial charge is 0.342 e. The number of anilines is 2. The fraction of sp³-hybridized carbons (Fsp3) is 0.421. The van der Waals surface area contributed by atoms with Crippen molar-refractivity contribution >= 4 is 33.6 Å². The van der Waals surface area contributed by atoms with E-state index in [0.29, 0.717) is 17.5 Å². The van der Waals surface area contributed by atoms with Crippen molar-refractivity contribution in [1.82, 2.24) is 19.9 Å². The van der Waals surface area contributed by atoms with E-state index in [4.69, 9.17) is 4.98 Å². The van der Waals surface area contributed by atoms with Crippen LogP contribution in [0.5, 0.6) is 0 Å². The number of aromatic nitrogens is 4. The van der Waals surface area contributed by atoms with Gasteiger partial charge in [-0.25, -0.2) is 9.97 Å². The van der Waals surface area contributed by atoms with Crippen molar-refractivity contribution in [3.63, 3.8) is 0 Å². The van der Waals surface area contributed by atoms with Crippen LogP contribution in [0.15, 0.2) is 35.5 Å². The Hall–Kier alpha value is -2.28. The zero-order chi connectivity index (χ0) is 17.9. The fourth-order valence-corrected chi connectivity index (χ4v) is 4.14. The Morgan fingerprint density at radius 2 is 1.92 bits per heavy atom. The van der Waals surface area contributed by atoms with E-state index in [1.807, 2.05) is 24.3 Å². The highest BCUT2D eigenvalue weighted by atomic mass is 32.2. The Morgan fingerprint density at radius 3 is 2.65 bits per heavy atom. The maximum absolute atomic E-state index is 11.5. The van der Waals surface area contributed by atoms with Crippen LogP contribution in [0.2, 0.25) is 0 Å². The number of nitrogens with one attached hydrogen (secondary N) is 2. The molecule has 26 heavy (non-hydrogen) atoms. The first-order chi connectivity index (χ1) is 12.7. The Morgan fingerprint density at radius 1 is 1.15 bits per heavy atom. The van der Waals surface area contributed by atoms with Crippen molar-refractivity contribution in [3.05, 3.63) is 36.3 Å². The summed E-state index contributed by atoms with van der Waals surface area (Å²) < 4.78 is 11.5. The fourth-order valence-electron chi connectivity index (χ4n) is 3.62. The van der Waals surface area contributed by atoms with Crippen molar-refractivity contribution in [2.24, 2.45) is 5.92 Å². The zero-order valence-electron chi connectivity index (χ0n) is 14.9. The first-order valence-corrected chi connectivity index (χ1v) is 10.7. The van der Waals surface area contributed by atoms with Crippen molar-refractivity contribution in [3.8, 4) is 0 Å². The lowest BCUT2D eigenvalue weighted by Crippen LogP contribution is -2.12. The van der Waals surface area contributed by atoms with Crippen LogP contribution >= 0.6 is 0 Å². The highest BCUT2D eigenvalue weighted by molar-refractivity contribution is 7.84. The van der Waals surface area contributed by atoms with Gasteiger partial charge in [0.15, 0.2) is 5.65 Å². The summed E-state index contributed by atoms with van der Waals surface area (Å²) in [6.07, 6.45) is 10.9. The molecule has 1 aliphatic carbocycles. The summed E-state index contributed by atoms with van der Waals surface area (Å²) in [5.41, 5.74) is 3.54. The average Bonchev–Trinajstić information content (AvgIpc) is 3.12. The lowest BCUT2D eigenvalue weighted by atomic mass is 9.86. The topological polar surface area (TPSA) is 83.6 Å². The standard InChI is InChI=1S/C19H23N5OS/c1-26(25)15-9-7-14(8-10-15)22-19-23-16(11-13-5-3-2-4-6-13)17-18(24-19)21-12-20-17/h7-10,12-13H,2-6,11H2,1H3,(H2,20,21,22,23,24). The molecule has 6 nitrogen and oxygen atoms in total. The van der Waals surface area contributed by atoms with Crippen LogP contribution in [0.3, 0.4) is 0 Å². The number of imidazole rings is 1. The molecule has 4 rings (SSSR count). The maximum atomic E-state index is 11.5. The normalized spacial score (nSPS) is 16.7. The van der Waals surface area contributed by atoms with Crippen LogP contribution in [0.4, 0.5) is 11.6 Å². The van der Waals surface area contributed by atoms with Gasteiger partial charge in [-0.15, -0.1) is 0 Å². The quantitative estimate of drug-likeness (QED) is 0.711. The van der Waals surface area contributed by atoms with Crippen molar-refractivity contribution in [2.75, 3.05) is 11.6 Å². The number of H-pyrrole nitrogens is 1. The summed E-state index contributed by atoms with van der Waals surface area (Å²) in [5, 5.41) is 3.25. The molecule has 2 N–H and O–H groups in total. The Balaban J connectivity index is 1.59. The second-order valence-corrected chi connectivity index (χ2v) is 8.29. The van der Waals surface area contributed by atoms with Gasteiger partial charge in [-0.05, 0) is 36.6 Å². The molecule has 1 aromatic carbocycles. The number of hydrogen-bond acceptors (Lipinski definition) is 5. The predicted molar refractivity (Wildman–Crippen MR) is 104 cm³/mol. The molecule has 1 fully saturated rings. The molecule has 7 heteroatoms. The summed E-state index contributed by atoms with van der Waals surface area (Å²) in [6.45, 7) is 0. The second kappa shape index (κ2) is 7.53. The van der Waals surface area contributed by atoms with E-state index in [2.05, 4.69) is 20.3 Å². The van der Waals surface area contributed by atoms with Crippen molar-refractivity contribution in [2.45, 2.75) is 43.4 Å². The molecule has 0 aliphatic heterocycles. The van der Waals surface area contributed by atoms with E-state index < -0.39 is 10.8 Å². The van der Waals surface area contributed by atoms with E-state index >= 15 is 0 Å². The van der Waals surface area contributed by atoms with Gasteiger partial charge in [0.05, 0.1) is 12.0 Å². The van der Waals surface area contributed by atoms with E-state index in [0.717, 1.165) is 28.2 Å². The molecular formula is C19H23N5OS. The summed E-state index contributed by atoms with van der Waals surface area (Å²) in [6, 6.07) is 7.51. The Kier molecular flexibility index (Phi) is 4.97. The van der Waals surface area contributed by atoms with Gasteiger partial charge in [-0.3, -0.25) is 4.21 Å². The molecular weight excluding hydrogens is 346 g/mol. The summed E-state index contributed by atoms with van der Waals surface area (Å²) in [4.78, 5) is 17.6. The van der Waals surface area contributed by atoms with Gasteiger partial charge in [0.1, 0.15) is 5.52 Å². The lowest BCUT2D eigenvalue weighted by molar-refractivity contribution is 0.355. The van der Waals surface area contributed by atoms with Crippen LogP contribution in [-0.2, 0) is 17.2 Å². The average molecular weight is 369 g/mol. The molecule has 0 radical (unpaired) electrons. The van der Waals surface area contributed by atoms with Crippen LogP contribution in [0, 0.1) is 5.92 Å². The number of aromatic amines is 1. The van der Waals surface area contributed by atoms with Gasteiger partial charge in [0.2, 0.25) is 5.95 Å². The molecule has 0 spiro atoms.